The van der Waals surface area contributed by atoms with Gasteiger partial charge in [0.15, 0.2) is 0 Å². The molecule has 2 aromatic rings. The van der Waals surface area contributed by atoms with Crippen molar-refractivity contribution in [3.63, 3.8) is 0 Å². The molecule has 0 bridgehead atoms. The first-order valence-corrected chi connectivity index (χ1v) is 10.5. The van der Waals surface area contributed by atoms with Gasteiger partial charge in [-0.15, -0.1) is 0 Å². The van der Waals surface area contributed by atoms with Gasteiger partial charge in [0.25, 0.3) is 0 Å². The van der Waals surface area contributed by atoms with Crippen LogP contribution in [0.15, 0.2) is 48.7 Å². The summed E-state index contributed by atoms with van der Waals surface area (Å²) >= 11 is 0. The van der Waals surface area contributed by atoms with E-state index < -0.39 is 6.67 Å². The number of ether oxygens (including phenoxy) is 1. The van der Waals surface area contributed by atoms with E-state index in [4.69, 9.17) is 4.74 Å². The molecule has 0 unspecified atom stereocenters. The number of rotatable bonds is 6. The van der Waals surface area contributed by atoms with Gasteiger partial charge in [-0.3, -0.25) is 4.90 Å². The Balaban J connectivity index is 1.29. The van der Waals surface area contributed by atoms with Crippen LogP contribution in [-0.2, 0) is 0 Å². The SMILES string of the molecule is FCCOc1ccccc1C1CCC(N2CCN(c3ccccn3)CC2)CC1. The van der Waals surface area contributed by atoms with Gasteiger partial charge in [-0.05, 0) is 55.4 Å². The van der Waals surface area contributed by atoms with Crippen LogP contribution in [0.1, 0.15) is 37.2 Å². The Morgan fingerprint density at radius 1 is 0.929 bits per heavy atom. The van der Waals surface area contributed by atoms with Gasteiger partial charge in [0.2, 0.25) is 0 Å². The number of hydrogen-bond acceptors (Lipinski definition) is 4. The number of pyridine rings is 1. The Morgan fingerprint density at radius 3 is 2.39 bits per heavy atom. The van der Waals surface area contributed by atoms with Crippen LogP contribution < -0.4 is 9.64 Å². The minimum absolute atomic E-state index is 0.146. The monoisotopic (exact) mass is 383 g/mol. The molecule has 2 aliphatic rings. The summed E-state index contributed by atoms with van der Waals surface area (Å²) in [5, 5.41) is 0. The Hall–Kier alpha value is -2.14. The highest BCUT2D eigenvalue weighted by atomic mass is 19.1. The number of alkyl halides is 1. The molecule has 0 atom stereocenters. The molecule has 1 saturated carbocycles. The number of hydrogen-bond donors (Lipinski definition) is 0. The van der Waals surface area contributed by atoms with Crippen molar-refractivity contribution in [2.24, 2.45) is 0 Å². The van der Waals surface area contributed by atoms with Crippen LogP contribution in [0.25, 0.3) is 0 Å². The first-order chi connectivity index (χ1) is 13.8. The van der Waals surface area contributed by atoms with Crippen molar-refractivity contribution < 1.29 is 9.13 Å². The molecule has 0 N–H and O–H groups in total. The molecule has 1 saturated heterocycles. The van der Waals surface area contributed by atoms with Crippen LogP contribution in [0.5, 0.6) is 5.75 Å². The molecule has 28 heavy (non-hydrogen) atoms. The molecule has 0 radical (unpaired) electrons. The van der Waals surface area contributed by atoms with Crippen LogP contribution in [0, 0.1) is 0 Å². The van der Waals surface area contributed by atoms with Gasteiger partial charge in [0, 0.05) is 38.4 Å². The molecule has 1 aromatic heterocycles. The molecular weight excluding hydrogens is 353 g/mol. The van der Waals surface area contributed by atoms with Gasteiger partial charge in [-0.25, -0.2) is 9.37 Å². The summed E-state index contributed by atoms with van der Waals surface area (Å²) in [7, 11) is 0. The highest BCUT2D eigenvalue weighted by Crippen LogP contribution is 2.39. The molecule has 150 valence electrons. The van der Waals surface area contributed by atoms with E-state index in [-0.39, 0.29) is 6.61 Å². The van der Waals surface area contributed by atoms with Crippen molar-refractivity contribution in [2.45, 2.75) is 37.6 Å². The fourth-order valence-corrected chi connectivity index (χ4v) is 4.71. The van der Waals surface area contributed by atoms with Crippen LogP contribution in [0.3, 0.4) is 0 Å². The first kappa shape index (κ1) is 19.2. The van der Waals surface area contributed by atoms with Gasteiger partial charge in [0.1, 0.15) is 24.8 Å². The first-order valence-electron chi connectivity index (χ1n) is 10.5. The Morgan fingerprint density at radius 2 is 1.68 bits per heavy atom. The maximum atomic E-state index is 12.5. The lowest BCUT2D eigenvalue weighted by Gasteiger charge is -2.42. The topological polar surface area (TPSA) is 28.6 Å². The van der Waals surface area contributed by atoms with Crippen LogP contribution in [0.4, 0.5) is 10.2 Å². The zero-order valence-corrected chi connectivity index (χ0v) is 16.5. The molecule has 1 aliphatic carbocycles. The fraction of sp³-hybridized carbons (Fsp3) is 0.522. The lowest BCUT2D eigenvalue weighted by atomic mass is 9.80. The summed E-state index contributed by atoms with van der Waals surface area (Å²) in [6.45, 7) is 4.04. The second kappa shape index (κ2) is 9.37. The average molecular weight is 384 g/mol. The van der Waals surface area contributed by atoms with Crippen LogP contribution >= 0.6 is 0 Å². The van der Waals surface area contributed by atoms with E-state index in [2.05, 4.69) is 39.0 Å². The Kier molecular flexibility index (Phi) is 6.42. The summed E-state index contributed by atoms with van der Waals surface area (Å²) in [5.74, 6) is 2.49. The number of piperazine rings is 1. The Bertz CT molecular complexity index is 726. The smallest absolute Gasteiger partial charge is 0.128 e. The maximum Gasteiger partial charge on any atom is 0.128 e. The Labute approximate surface area is 167 Å². The third-order valence-corrected chi connectivity index (χ3v) is 6.19. The van der Waals surface area contributed by atoms with Crippen molar-refractivity contribution >= 4 is 5.82 Å². The van der Waals surface area contributed by atoms with E-state index in [1.165, 1.54) is 31.2 Å². The van der Waals surface area contributed by atoms with Gasteiger partial charge >= 0.3 is 0 Å². The molecule has 2 fully saturated rings. The molecule has 5 heteroatoms. The summed E-state index contributed by atoms with van der Waals surface area (Å²) in [6, 6.07) is 15.0. The van der Waals surface area contributed by atoms with Crippen molar-refractivity contribution in [1.82, 2.24) is 9.88 Å². The molecule has 4 rings (SSSR count). The average Bonchev–Trinajstić information content (AvgIpc) is 2.79. The number of anilines is 1. The third kappa shape index (κ3) is 4.46. The molecule has 4 nitrogen and oxygen atoms in total. The minimum atomic E-state index is -0.439. The zero-order valence-electron chi connectivity index (χ0n) is 16.5. The number of aromatic nitrogens is 1. The van der Waals surface area contributed by atoms with Crippen molar-refractivity contribution in [2.75, 3.05) is 44.4 Å². The molecule has 0 amide bonds. The highest BCUT2D eigenvalue weighted by molar-refractivity contribution is 5.38. The fourth-order valence-electron chi connectivity index (χ4n) is 4.71. The predicted molar refractivity (Wildman–Crippen MR) is 111 cm³/mol. The van der Waals surface area contributed by atoms with Crippen LogP contribution in [-0.4, -0.2) is 55.4 Å². The lowest BCUT2D eigenvalue weighted by Crippen LogP contribution is -2.51. The number of benzene rings is 1. The van der Waals surface area contributed by atoms with Gasteiger partial charge in [-0.1, -0.05) is 24.3 Å². The molecule has 0 spiro atoms. The van der Waals surface area contributed by atoms with E-state index in [1.54, 1.807) is 0 Å². The summed E-state index contributed by atoms with van der Waals surface area (Å²) < 4.78 is 18.1. The van der Waals surface area contributed by atoms with E-state index >= 15 is 0 Å². The molecule has 1 aromatic carbocycles. The second-order valence-corrected chi connectivity index (χ2v) is 7.79. The summed E-state index contributed by atoms with van der Waals surface area (Å²) in [6.07, 6.45) is 6.69. The van der Waals surface area contributed by atoms with Gasteiger partial charge in [0.05, 0.1) is 0 Å². The largest absolute Gasteiger partial charge is 0.491 e. The van der Waals surface area contributed by atoms with E-state index in [9.17, 15) is 4.39 Å². The normalized spacial score (nSPS) is 23.5. The van der Waals surface area contributed by atoms with Crippen molar-refractivity contribution in [3.8, 4) is 5.75 Å². The van der Waals surface area contributed by atoms with E-state index in [0.717, 1.165) is 37.7 Å². The third-order valence-electron chi connectivity index (χ3n) is 6.19. The van der Waals surface area contributed by atoms with Crippen LogP contribution in [0.2, 0.25) is 0 Å². The van der Waals surface area contributed by atoms with Crippen molar-refractivity contribution in [1.29, 1.82) is 0 Å². The van der Waals surface area contributed by atoms with Gasteiger partial charge in [-0.2, -0.15) is 0 Å². The predicted octanol–water partition coefficient (Wildman–Crippen LogP) is 4.28. The van der Waals surface area contributed by atoms with Crippen molar-refractivity contribution in [3.05, 3.63) is 54.2 Å². The highest BCUT2D eigenvalue weighted by Gasteiger charge is 2.30. The lowest BCUT2D eigenvalue weighted by molar-refractivity contribution is 0.140. The summed E-state index contributed by atoms with van der Waals surface area (Å²) in [4.78, 5) is 9.54. The molecule has 2 heterocycles. The second-order valence-electron chi connectivity index (χ2n) is 7.79. The van der Waals surface area contributed by atoms with Gasteiger partial charge < -0.3 is 9.64 Å². The standard InChI is InChI=1S/C23H30FN3O/c24-12-18-28-22-6-2-1-5-21(22)19-8-10-20(11-9-19)26-14-16-27(17-15-26)23-7-3-4-13-25-23/h1-7,13,19-20H,8-12,14-18H2. The maximum absolute atomic E-state index is 12.5. The van der Waals surface area contributed by atoms with E-state index in [1.807, 2.05) is 24.4 Å². The zero-order chi connectivity index (χ0) is 19.2. The quantitative estimate of drug-likeness (QED) is 0.744. The summed E-state index contributed by atoms with van der Waals surface area (Å²) in [5.41, 5.74) is 1.26. The number of nitrogens with zero attached hydrogens (tertiary/aromatic N) is 3. The van der Waals surface area contributed by atoms with E-state index in [0.29, 0.717) is 12.0 Å². The molecule has 1 aliphatic heterocycles. The minimum Gasteiger partial charge on any atom is -0.491 e. The number of para-hydroxylation sites is 1. The molecular formula is C23H30FN3O. The number of halogens is 1.